The summed E-state index contributed by atoms with van der Waals surface area (Å²) in [6.07, 6.45) is 5.19. The smallest absolute Gasteiger partial charge is 0.285 e. The number of hydrogen-bond donors (Lipinski definition) is 0. The van der Waals surface area contributed by atoms with E-state index in [1.54, 1.807) is 24.1 Å². The summed E-state index contributed by atoms with van der Waals surface area (Å²) in [4.78, 5) is 1.71. The van der Waals surface area contributed by atoms with E-state index in [-0.39, 0.29) is 11.4 Å². The Balaban J connectivity index is 2.65. The average Bonchev–Trinajstić information content (AvgIpc) is 2.53. The second-order valence-electron chi connectivity index (χ2n) is 3.56. The molecule has 0 aliphatic carbocycles. The van der Waals surface area contributed by atoms with E-state index in [1.807, 2.05) is 0 Å². The van der Waals surface area contributed by atoms with Gasteiger partial charge < -0.3 is 4.90 Å². The van der Waals surface area contributed by atoms with Crippen molar-refractivity contribution in [3.63, 3.8) is 0 Å². The van der Waals surface area contributed by atoms with Gasteiger partial charge in [0.15, 0.2) is 5.84 Å². The van der Waals surface area contributed by atoms with Gasteiger partial charge in [0, 0.05) is 7.05 Å². The van der Waals surface area contributed by atoms with Crippen LogP contribution in [0.15, 0.2) is 27.5 Å². The van der Waals surface area contributed by atoms with Crippen LogP contribution in [0.3, 0.4) is 0 Å². The molecule has 0 saturated carbocycles. The van der Waals surface area contributed by atoms with Crippen molar-refractivity contribution in [1.29, 1.82) is 0 Å². The molecule has 4 nitrogen and oxygen atoms in total. The van der Waals surface area contributed by atoms with Crippen LogP contribution in [0.1, 0.15) is 5.56 Å². The van der Waals surface area contributed by atoms with Gasteiger partial charge >= 0.3 is 0 Å². The van der Waals surface area contributed by atoms with Gasteiger partial charge in [-0.05, 0) is 12.1 Å². The molecule has 6 heteroatoms. The van der Waals surface area contributed by atoms with Crippen LogP contribution in [0.4, 0.5) is 0 Å². The molecule has 0 bridgehead atoms. The van der Waals surface area contributed by atoms with Gasteiger partial charge in [-0.1, -0.05) is 23.6 Å². The number of amidine groups is 1. The molecule has 0 unspecified atom stereocenters. The number of halogens is 1. The molecule has 1 aliphatic rings. The lowest BCUT2D eigenvalue weighted by Crippen LogP contribution is -2.27. The van der Waals surface area contributed by atoms with Crippen LogP contribution in [0.2, 0.25) is 5.02 Å². The number of terminal acetylenes is 1. The Morgan fingerprint density at radius 3 is 2.88 bits per heavy atom. The summed E-state index contributed by atoms with van der Waals surface area (Å²) in [7, 11) is -1.97. The number of hydrogen-bond acceptors (Lipinski definition) is 3. The van der Waals surface area contributed by atoms with Crippen molar-refractivity contribution >= 4 is 27.5 Å². The zero-order valence-corrected chi connectivity index (χ0v) is 10.6. The molecule has 0 N–H and O–H groups in total. The topological polar surface area (TPSA) is 49.7 Å². The molecule has 1 aromatic carbocycles. The molecular weight excluding hydrogens is 260 g/mol. The minimum atomic E-state index is -3.65. The molecular formula is C11H9ClN2O2S. The third-order valence-electron chi connectivity index (χ3n) is 2.37. The molecule has 0 aromatic heterocycles. The van der Waals surface area contributed by atoms with Crippen LogP contribution < -0.4 is 0 Å². The second kappa shape index (κ2) is 4.06. The summed E-state index contributed by atoms with van der Waals surface area (Å²) in [6, 6.07) is 4.69. The number of nitrogens with zero attached hydrogens (tertiary/aromatic N) is 2. The first kappa shape index (κ1) is 12.0. The summed E-state index contributed by atoms with van der Waals surface area (Å²) >= 11 is 6.01. The fraction of sp³-hybridized carbons (Fsp3) is 0.182. The molecule has 0 saturated heterocycles. The van der Waals surface area contributed by atoms with E-state index in [1.165, 1.54) is 6.07 Å². The van der Waals surface area contributed by atoms with Crippen LogP contribution in [0.25, 0.3) is 0 Å². The van der Waals surface area contributed by atoms with Crippen molar-refractivity contribution < 1.29 is 8.42 Å². The van der Waals surface area contributed by atoms with Crippen molar-refractivity contribution in [2.75, 3.05) is 13.6 Å². The van der Waals surface area contributed by atoms with Crippen LogP contribution in [0, 0.1) is 12.3 Å². The van der Waals surface area contributed by atoms with E-state index >= 15 is 0 Å². The largest absolute Gasteiger partial charge is 0.347 e. The van der Waals surface area contributed by atoms with E-state index < -0.39 is 10.0 Å². The Morgan fingerprint density at radius 1 is 1.53 bits per heavy atom. The van der Waals surface area contributed by atoms with Gasteiger partial charge in [-0.25, -0.2) is 0 Å². The molecule has 1 aromatic rings. The maximum absolute atomic E-state index is 11.8. The molecule has 17 heavy (non-hydrogen) atoms. The van der Waals surface area contributed by atoms with Gasteiger partial charge in [0.25, 0.3) is 10.0 Å². The normalized spacial score (nSPS) is 15.9. The lowest BCUT2D eigenvalue weighted by atomic mass is 10.2. The number of sulfonamides is 1. The van der Waals surface area contributed by atoms with Gasteiger partial charge in [0.1, 0.15) is 4.90 Å². The third-order valence-corrected chi connectivity index (χ3v) is 4.00. The predicted molar refractivity (Wildman–Crippen MR) is 66.6 cm³/mol. The van der Waals surface area contributed by atoms with E-state index in [2.05, 4.69) is 10.3 Å². The molecule has 2 rings (SSSR count). The van der Waals surface area contributed by atoms with Crippen molar-refractivity contribution in [3.8, 4) is 12.3 Å². The highest BCUT2D eigenvalue weighted by Gasteiger charge is 2.32. The van der Waals surface area contributed by atoms with Crippen molar-refractivity contribution in [3.05, 3.63) is 28.8 Å². The van der Waals surface area contributed by atoms with E-state index in [4.69, 9.17) is 18.0 Å². The van der Waals surface area contributed by atoms with Gasteiger partial charge in [0.05, 0.1) is 17.1 Å². The van der Waals surface area contributed by atoms with Gasteiger partial charge in [0.2, 0.25) is 0 Å². The van der Waals surface area contributed by atoms with Crippen molar-refractivity contribution in [1.82, 2.24) is 4.90 Å². The molecule has 0 radical (unpaired) electrons. The summed E-state index contributed by atoms with van der Waals surface area (Å²) in [5.41, 5.74) is 0.423. The second-order valence-corrected chi connectivity index (χ2v) is 5.54. The lowest BCUT2D eigenvalue weighted by molar-refractivity contribution is 0.574. The first-order valence-electron chi connectivity index (χ1n) is 4.76. The van der Waals surface area contributed by atoms with Crippen LogP contribution >= 0.6 is 11.6 Å². The highest BCUT2D eigenvalue weighted by atomic mass is 35.5. The van der Waals surface area contributed by atoms with Crippen molar-refractivity contribution in [2.24, 2.45) is 4.40 Å². The Labute approximate surface area is 105 Å². The molecule has 0 atom stereocenters. The standard InChI is InChI=1S/C11H9ClN2O2S/c1-3-7-14(2)11-10-8(12)5-4-6-9(10)17(15,16)13-11/h1,4-6H,7H2,2H3. The Bertz CT molecular complexity index is 644. The van der Waals surface area contributed by atoms with E-state index in [0.29, 0.717) is 16.4 Å². The number of benzene rings is 1. The predicted octanol–water partition coefficient (Wildman–Crippen LogP) is 1.35. The Hall–Kier alpha value is -1.51. The first-order valence-corrected chi connectivity index (χ1v) is 6.57. The average molecular weight is 269 g/mol. The van der Waals surface area contributed by atoms with Crippen molar-refractivity contribution in [2.45, 2.75) is 4.90 Å². The van der Waals surface area contributed by atoms with Gasteiger partial charge in [-0.3, -0.25) is 0 Å². The van der Waals surface area contributed by atoms with E-state index in [9.17, 15) is 8.42 Å². The van der Waals surface area contributed by atoms with Crippen LogP contribution in [-0.4, -0.2) is 32.7 Å². The quantitative estimate of drug-likeness (QED) is 0.723. The minimum absolute atomic E-state index is 0.129. The molecule has 1 aliphatic heterocycles. The molecule has 0 amide bonds. The van der Waals surface area contributed by atoms with Gasteiger partial charge in [-0.15, -0.1) is 10.8 Å². The van der Waals surface area contributed by atoms with Crippen LogP contribution in [0.5, 0.6) is 0 Å². The van der Waals surface area contributed by atoms with Gasteiger partial charge in [-0.2, -0.15) is 8.42 Å². The number of fused-ring (bicyclic) bond motifs is 1. The maximum Gasteiger partial charge on any atom is 0.285 e. The van der Waals surface area contributed by atoms with Crippen LogP contribution in [-0.2, 0) is 10.0 Å². The zero-order chi connectivity index (χ0) is 12.6. The SMILES string of the molecule is C#CCN(C)C1=NS(=O)(=O)c2cccc(Cl)c21. The fourth-order valence-electron chi connectivity index (χ4n) is 1.62. The summed E-state index contributed by atoms with van der Waals surface area (Å²) in [5.74, 6) is 2.72. The first-order chi connectivity index (χ1) is 7.97. The summed E-state index contributed by atoms with van der Waals surface area (Å²) in [5, 5.41) is 0.353. The highest BCUT2D eigenvalue weighted by Crippen LogP contribution is 2.32. The molecule has 1 heterocycles. The highest BCUT2D eigenvalue weighted by molar-refractivity contribution is 7.90. The molecule has 0 spiro atoms. The summed E-state index contributed by atoms with van der Waals surface area (Å²) in [6.45, 7) is 0.263. The Kier molecular flexibility index (Phi) is 2.86. The monoisotopic (exact) mass is 268 g/mol. The van der Waals surface area contributed by atoms with E-state index in [0.717, 1.165) is 0 Å². The zero-order valence-electron chi connectivity index (χ0n) is 9.01. The summed E-state index contributed by atoms with van der Waals surface area (Å²) < 4.78 is 27.3. The lowest BCUT2D eigenvalue weighted by Gasteiger charge is -2.16. The fourth-order valence-corrected chi connectivity index (χ4v) is 3.20. The third kappa shape index (κ3) is 1.90. The minimum Gasteiger partial charge on any atom is -0.347 e. The molecule has 88 valence electrons. The maximum atomic E-state index is 11.8. The Morgan fingerprint density at radius 2 is 2.24 bits per heavy atom. The number of rotatable bonds is 1. The molecule has 0 fully saturated rings.